The zero-order valence-corrected chi connectivity index (χ0v) is 17.8. The van der Waals surface area contributed by atoms with Crippen LogP contribution in [0, 0.1) is 13.8 Å². The number of H-pyrrole nitrogens is 1. The van der Waals surface area contributed by atoms with Gasteiger partial charge in [0.2, 0.25) is 0 Å². The second-order valence-corrected chi connectivity index (χ2v) is 7.70. The summed E-state index contributed by atoms with van der Waals surface area (Å²) in [6.07, 6.45) is 0. The van der Waals surface area contributed by atoms with Crippen molar-refractivity contribution in [2.75, 3.05) is 37.7 Å². The third-order valence-corrected chi connectivity index (χ3v) is 5.74. The first kappa shape index (κ1) is 20.7. The van der Waals surface area contributed by atoms with Crippen LogP contribution in [0.4, 0.5) is 5.69 Å². The average molecular weight is 418 g/mol. The Morgan fingerprint density at radius 3 is 2.48 bits per heavy atom. The Morgan fingerprint density at radius 1 is 1.00 bits per heavy atom. The number of benzene rings is 2. The van der Waals surface area contributed by atoms with Crippen molar-refractivity contribution in [1.82, 2.24) is 15.1 Å². The van der Waals surface area contributed by atoms with E-state index in [-0.39, 0.29) is 18.2 Å². The van der Waals surface area contributed by atoms with Crippen molar-refractivity contribution in [1.29, 1.82) is 0 Å². The quantitative estimate of drug-likeness (QED) is 0.644. The fourth-order valence-corrected chi connectivity index (χ4v) is 3.75. The highest BCUT2D eigenvalue weighted by Gasteiger charge is 2.23. The highest BCUT2D eigenvalue weighted by molar-refractivity contribution is 5.90. The van der Waals surface area contributed by atoms with Gasteiger partial charge < -0.3 is 14.5 Å². The lowest BCUT2D eigenvalue weighted by Crippen LogP contribution is -2.50. The summed E-state index contributed by atoms with van der Waals surface area (Å²) in [5, 5.41) is 6.83. The van der Waals surface area contributed by atoms with Crippen LogP contribution in [0.5, 0.6) is 0 Å². The first-order chi connectivity index (χ1) is 15.0. The molecule has 1 fully saturated rings. The molecule has 160 valence electrons. The monoisotopic (exact) mass is 418 g/mol. The van der Waals surface area contributed by atoms with Crippen molar-refractivity contribution in [2.24, 2.45) is 0 Å². The molecular formula is C24H26N4O3. The van der Waals surface area contributed by atoms with Gasteiger partial charge in [0.1, 0.15) is 5.69 Å². The van der Waals surface area contributed by atoms with Crippen LogP contribution in [-0.4, -0.2) is 59.8 Å². The molecule has 1 amide bonds. The number of aromatic amines is 1. The number of nitrogens with zero attached hydrogens (tertiary/aromatic N) is 3. The minimum atomic E-state index is -0.586. The number of aromatic nitrogens is 2. The SMILES string of the molecule is Cc1cccc(N2CCN(C(=O)COC(=O)c3cc(-c4ccccc4)n[nH]3)CC2)c1C. The lowest BCUT2D eigenvalue weighted by molar-refractivity contribution is -0.134. The van der Waals surface area contributed by atoms with Gasteiger partial charge in [-0.1, -0.05) is 42.5 Å². The van der Waals surface area contributed by atoms with Gasteiger partial charge in [-0.25, -0.2) is 4.79 Å². The van der Waals surface area contributed by atoms with Gasteiger partial charge in [-0.3, -0.25) is 9.89 Å². The number of piperazine rings is 1. The van der Waals surface area contributed by atoms with Crippen LogP contribution >= 0.6 is 0 Å². The van der Waals surface area contributed by atoms with Gasteiger partial charge in [0, 0.05) is 37.4 Å². The predicted octanol–water partition coefficient (Wildman–Crippen LogP) is 3.20. The van der Waals surface area contributed by atoms with Crippen LogP contribution in [0.3, 0.4) is 0 Å². The number of amides is 1. The molecule has 0 saturated carbocycles. The zero-order chi connectivity index (χ0) is 21.8. The van der Waals surface area contributed by atoms with Gasteiger partial charge in [0.05, 0.1) is 5.69 Å². The maximum atomic E-state index is 12.5. The minimum absolute atomic E-state index is 0.184. The molecule has 0 atom stereocenters. The van der Waals surface area contributed by atoms with Gasteiger partial charge in [0.25, 0.3) is 5.91 Å². The molecule has 0 aliphatic carbocycles. The molecule has 31 heavy (non-hydrogen) atoms. The number of hydrogen-bond donors (Lipinski definition) is 1. The van der Waals surface area contributed by atoms with Crippen LogP contribution in [0.15, 0.2) is 54.6 Å². The van der Waals surface area contributed by atoms with E-state index in [1.165, 1.54) is 16.8 Å². The van der Waals surface area contributed by atoms with E-state index < -0.39 is 5.97 Å². The Labute approximate surface area is 181 Å². The zero-order valence-electron chi connectivity index (χ0n) is 17.8. The third-order valence-electron chi connectivity index (χ3n) is 5.74. The fourth-order valence-electron chi connectivity index (χ4n) is 3.75. The molecule has 7 nitrogen and oxygen atoms in total. The molecule has 3 aromatic rings. The van der Waals surface area contributed by atoms with E-state index in [4.69, 9.17) is 4.74 Å². The maximum Gasteiger partial charge on any atom is 0.356 e. The van der Waals surface area contributed by atoms with E-state index in [1.54, 1.807) is 11.0 Å². The van der Waals surface area contributed by atoms with Crippen LogP contribution < -0.4 is 4.90 Å². The first-order valence-electron chi connectivity index (χ1n) is 10.4. The predicted molar refractivity (Wildman–Crippen MR) is 119 cm³/mol. The summed E-state index contributed by atoms with van der Waals surface area (Å²) in [6.45, 7) is 6.67. The van der Waals surface area contributed by atoms with E-state index in [2.05, 4.69) is 47.1 Å². The summed E-state index contributed by atoms with van der Waals surface area (Å²) in [5.41, 5.74) is 5.53. The highest BCUT2D eigenvalue weighted by Crippen LogP contribution is 2.24. The van der Waals surface area contributed by atoms with E-state index in [0.29, 0.717) is 18.8 Å². The number of carbonyl (C=O) groups excluding carboxylic acids is 2. The van der Waals surface area contributed by atoms with Gasteiger partial charge in [-0.15, -0.1) is 0 Å². The van der Waals surface area contributed by atoms with Gasteiger partial charge in [-0.05, 0) is 37.1 Å². The Kier molecular flexibility index (Phi) is 6.02. The number of anilines is 1. The Bertz CT molecular complexity index is 1070. The lowest BCUT2D eigenvalue weighted by atomic mass is 10.1. The van der Waals surface area contributed by atoms with Gasteiger partial charge in [0.15, 0.2) is 6.61 Å². The number of ether oxygens (including phenoxy) is 1. The van der Waals surface area contributed by atoms with Crippen molar-refractivity contribution < 1.29 is 14.3 Å². The van der Waals surface area contributed by atoms with Crippen molar-refractivity contribution in [3.05, 3.63) is 71.4 Å². The summed E-state index contributed by atoms with van der Waals surface area (Å²) >= 11 is 0. The van der Waals surface area contributed by atoms with Gasteiger partial charge >= 0.3 is 5.97 Å². The number of hydrogen-bond acceptors (Lipinski definition) is 5. The number of rotatable bonds is 5. The summed E-state index contributed by atoms with van der Waals surface area (Å²) in [4.78, 5) is 28.9. The van der Waals surface area contributed by atoms with E-state index in [0.717, 1.165) is 18.7 Å². The molecular weight excluding hydrogens is 392 g/mol. The van der Waals surface area contributed by atoms with Crippen molar-refractivity contribution in [3.8, 4) is 11.3 Å². The van der Waals surface area contributed by atoms with E-state index >= 15 is 0 Å². The molecule has 0 spiro atoms. The van der Waals surface area contributed by atoms with Crippen molar-refractivity contribution in [3.63, 3.8) is 0 Å². The molecule has 1 aromatic heterocycles. The third kappa shape index (κ3) is 4.60. The minimum Gasteiger partial charge on any atom is -0.451 e. The van der Waals surface area contributed by atoms with Crippen LogP contribution in [0.1, 0.15) is 21.6 Å². The number of aryl methyl sites for hydroxylation is 1. The second-order valence-electron chi connectivity index (χ2n) is 7.70. The van der Waals surface area contributed by atoms with Crippen LogP contribution in [0.25, 0.3) is 11.3 Å². The summed E-state index contributed by atoms with van der Waals surface area (Å²) in [7, 11) is 0. The molecule has 4 rings (SSSR count). The van der Waals surface area contributed by atoms with Crippen molar-refractivity contribution >= 4 is 17.6 Å². The highest BCUT2D eigenvalue weighted by atomic mass is 16.5. The Morgan fingerprint density at radius 2 is 1.74 bits per heavy atom. The lowest BCUT2D eigenvalue weighted by Gasteiger charge is -2.37. The van der Waals surface area contributed by atoms with Crippen LogP contribution in [-0.2, 0) is 9.53 Å². The van der Waals surface area contributed by atoms with Crippen LogP contribution in [0.2, 0.25) is 0 Å². The molecule has 0 unspecified atom stereocenters. The molecule has 7 heteroatoms. The van der Waals surface area contributed by atoms with Gasteiger partial charge in [-0.2, -0.15) is 5.10 Å². The smallest absolute Gasteiger partial charge is 0.356 e. The normalized spacial score (nSPS) is 13.9. The van der Waals surface area contributed by atoms with E-state index in [1.807, 2.05) is 30.3 Å². The maximum absolute atomic E-state index is 12.5. The fraction of sp³-hybridized carbons (Fsp3) is 0.292. The molecule has 1 aliphatic heterocycles. The Balaban J connectivity index is 1.28. The molecule has 0 bridgehead atoms. The summed E-state index contributed by atoms with van der Waals surface area (Å²) < 4.78 is 5.22. The topological polar surface area (TPSA) is 78.5 Å². The molecule has 2 heterocycles. The second kappa shape index (κ2) is 9.04. The molecule has 1 saturated heterocycles. The number of esters is 1. The number of carbonyl (C=O) groups is 2. The van der Waals surface area contributed by atoms with Crippen molar-refractivity contribution in [2.45, 2.75) is 13.8 Å². The largest absolute Gasteiger partial charge is 0.451 e. The first-order valence-corrected chi connectivity index (χ1v) is 10.4. The summed E-state index contributed by atoms with van der Waals surface area (Å²) in [6, 6.07) is 17.5. The molecule has 2 aromatic carbocycles. The molecule has 1 aliphatic rings. The van der Waals surface area contributed by atoms with E-state index in [9.17, 15) is 9.59 Å². The summed E-state index contributed by atoms with van der Waals surface area (Å²) in [5.74, 6) is -0.770. The average Bonchev–Trinajstić information content (AvgIpc) is 3.30. The Hall–Kier alpha value is -3.61. The molecule has 1 N–H and O–H groups in total. The number of nitrogens with one attached hydrogen (secondary N) is 1. The molecule has 0 radical (unpaired) electrons. The standard InChI is InChI=1S/C24H26N4O3/c1-17-7-6-10-22(18(17)2)27-11-13-28(14-12-27)23(29)16-31-24(30)21-15-20(25-26-21)19-8-4-3-5-9-19/h3-10,15H,11-14,16H2,1-2H3,(H,25,26).